The fourth-order valence-electron chi connectivity index (χ4n) is 3.81. The van der Waals surface area contributed by atoms with Gasteiger partial charge >= 0.3 is 6.18 Å². The Morgan fingerprint density at radius 2 is 1.67 bits per heavy atom. The van der Waals surface area contributed by atoms with Crippen LogP contribution in [0.5, 0.6) is 5.75 Å². The number of aliphatic hydroxyl groups is 1. The van der Waals surface area contributed by atoms with Crippen molar-refractivity contribution in [2.24, 2.45) is 0 Å². The summed E-state index contributed by atoms with van der Waals surface area (Å²) < 4.78 is 50.0. The summed E-state index contributed by atoms with van der Waals surface area (Å²) in [6.07, 6.45) is -4.97. The minimum atomic E-state index is -4.34. The molecule has 0 spiro atoms. The van der Waals surface area contributed by atoms with Crippen molar-refractivity contribution in [3.05, 3.63) is 59.7 Å². The lowest BCUT2D eigenvalue weighted by Crippen LogP contribution is -2.49. The summed E-state index contributed by atoms with van der Waals surface area (Å²) in [6, 6.07) is 13.4. The van der Waals surface area contributed by atoms with Crippen molar-refractivity contribution in [1.29, 1.82) is 0 Å². The van der Waals surface area contributed by atoms with Crippen LogP contribution in [0.2, 0.25) is 0 Å². The second-order valence-corrected chi connectivity index (χ2v) is 8.64. The molecule has 1 saturated heterocycles. The molecule has 3 rings (SSSR count). The Labute approximate surface area is 193 Å². The first kappa shape index (κ1) is 25.3. The Bertz CT molecular complexity index is 851. The van der Waals surface area contributed by atoms with Crippen molar-refractivity contribution in [1.82, 2.24) is 4.90 Å². The number of benzene rings is 2. The molecule has 1 aliphatic heterocycles. The molecule has 1 unspecified atom stereocenters. The quantitative estimate of drug-likeness (QED) is 0.526. The first-order valence-corrected chi connectivity index (χ1v) is 11.4. The number of anilines is 1. The third kappa shape index (κ3) is 7.91. The van der Waals surface area contributed by atoms with Crippen molar-refractivity contribution >= 4 is 5.69 Å². The molecule has 182 valence electrons. The summed E-state index contributed by atoms with van der Waals surface area (Å²) in [5.41, 5.74) is 1.20. The number of hydrogen-bond donors (Lipinski definition) is 1. The predicted molar refractivity (Wildman–Crippen MR) is 123 cm³/mol. The average Bonchev–Trinajstić information content (AvgIpc) is 2.79. The van der Waals surface area contributed by atoms with Gasteiger partial charge in [0, 0.05) is 38.4 Å². The molecule has 33 heavy (non-hydrogen) atoms. The Morgan fingerprint density at radius 3 is 2.30 bits per heavy atom. The Morgan fingerprint density at radius 1 is 0.970 bits per heavy atom. The van der Waals surface area contributed by atoms with E-state index in [0.29, 0.717) is 57.5 Å². The molecule has 5 nitrogen and oxygen atoms in total. The summed E-state index contributed by atoms with van der Waals surface area (Å²) >= 11 is 0. The van der Waals surface area contributed by atoms with E-state index in [2.05, 4.69) is 30.9 Å². The van der Waals surface area contributed by atoms with Gasteiger partial charge in [0.25, 0.3) is 0 Å². The predicted octanol–water partition coefficient (Wildman–Crippen LogP) is 4.41. The number of hydrogen-bond acceptors (Lipinski definition) is 5. The zero-order valence-corrected chi connectivity index (χ0v) is 19.2. The maximum atomic E-state index is 12.9. The van der Waals surface area contributed by atoms with Crippen molar-refractivity contribution in [2.75, 3.05) is 57.4 Å². The summed E-state index contributed by atoms with van der Waals surface area (Å²) in [6.45, 7) is 8.31. The van der Waals surface area contributed by atoms with Crippen molar-refractivity contribution in [3.63, 3.8) is 0 Å². The molecule has 8 heteroatoms. The van der Waals surface area contributed by atoms with Crippen LogP contribution in [0.3, 0.4) is 0 Å². The molecule has 2 aromatic rings. The van der Waals surface area contributed by atoms with Gasteiger partial charge in [-0.1, -0.05) is 32.0 Å². The van der Waals surface area contributed by atoms with E-state index in [4.69, 9.17) is 9.47 Å². The van der Waals surface area contributed by atoms with E-state index in [1.165, 1.54) is 17.7 Å². The molecule has 1 N–H and O–H groups in total. The molecule has 1 aliphatic rings. The largest absolute Gasteiger partial charge is 0.491 e. The minimum Gasteiger partial charge on any atom is -0.491 e. The highest BCUT2D eigenvalue weighted by Crippen LogP contribution is 2.31. The van der Waals surface area contributed by atoms with Gasteiger partial charge in [0.15, 0.2) is 0 Å². The molecular weight excluding hydrogens is 433 g/mol. The lowest BCUT2D eigenvalue weighted by molar-refractivity contribution is -0.137. The van der Waals surface area contributed by atoms with E-state index in [9.17, 15) is 18.3 Å². The van der Waals surface area contributed by atoms with Gasteiger partial charge in [0.05, 0.1) is 24.9 Å². The molecule has 0 bridgehead atoms. The van der Waals surface area contributed by atoms with Gasteiger partial charge in [-0.2, -0.15) is 13.2 Å². The van der Waals surface area contributed by atoms with E-state index in [1.54, 1.807) is 6.07 Å². The zero-order chi connectivity index (χ0) is 23.8. The Hall–Kier alpha value is -2.29. The first-order chi connectivity index (χ1) is 15.7. The van der Waals surface area contributed by atoms with Gasteiger partial charge in [0.2, 0.25) is 0 Å². The summed E-state index contributed by atoms with van der Waals surface area (Å²) in [7, 11) is 0. The van der Waals surface area contributed by atoms with Crippen LogP contribution in [0.1, 0.15) is 30.9 Å². The van der Waals surface area contributed by atoms with E-state index in [0.717, 1.165) is 11.8 Å². The molecule has 0 radical (unpaired) electrons. The van der Waals surface area contributed by atoms with E-state index in [1.807, 2.05) is 17.0 Å². The third-order valence-corrected chi connectivity index (χ3v) is 5.73. The monoisotopic (exact) mass is 466 g/mol. The van der Waals surface area contributed by atoms with Crippen LogP contribution >= 0.6 is 0 Å². The highest BCUT2D eigenvalue weighted by Gasteiger charge is 2.31. The minimum absolute atomic E-state index is 0.212. The molecule has 1 fully saturated rings. The van der Waals surface area contributed by atoms with Gasteiger partial charge in [-0.25, -0.2) is 0 Å². The molecule has 1 atom stereocenters. The number of β-amino-alcohol motifs (C(OH)–C–C–N with tert-alkyl or cyclic N) is 1. The van der Waals surface area contributed by atoms with Gasteiger partial charge < -0.3 is 19.5 Å². The summed E-state index contributed by atoms with van der Waals surface area (Å²) in [5.74, 6) is 1.27. The van der Waals surface area contributed by atoms with E-state index in [-0.39, 0.29) is 6.61 Å². The fourth-order valence-corrected chi connectivity index (χ4v) is 3.81. The maximum Gasteiger partial charge on any atom is 0.416 e. The number of piperazine rings is 1. The number of nitrogens with zero attached hydrogens (tertiary/aromatic N) is 2. The fraction of sp³-hybridized carbons (Fsp3) is 0.520. The second kappa shape index (κ2) is 11.7. The number of alkyl halides is 3. The maximum absolute atomic E-state index is 12.9. The van der Waals surface area contributed by atoms with Gasteiger partial charge in [0.1, 0.15) is 12.4 Å². The van der Waals surface area contributed by atoms with Crippen molar-refractivity contribution < 1.29 is 27.8 Å². The summed E-state index contributed by atoms with van der Waals surface area (Å²) in [5, 5.41) is 10.3. The molecule has 0 aliphatic carbocycles. The van der Waals surface area contributed by atoms with Crippen LogP contribution in [-0.4, -0.2) is 68.7 Å². The lowest BCUT2D eigenvalue weighted by Gasteiger charge is -2.37. The normalized spacial score (nSPS) is 16.3. The van der Waals surface area contributed by atoms with Crippen molar-refractivity contribution in [2.45, 2.75) is 32.0 Å². The topological polar surface area (TPSA) is 45.2 Å². The lowest BCUT2D eigenvalue weighted by atomic mass is 10.0. The van der Waals surface area contributed by atoms with Crippen LogP contribution in [0.4, 0.5) is 18.9 Å². The average molecular weight is 467 g/mol. The third-order valence-electron chi connectivity index (χ3n) is 5.73. The van der Waals surface area contributed by atoms with Crippen LogP contribution in [0.25, 0.3) is 0 Å². The molecule has 2 aromatic carbocycles. The Balaban J connectivity index is 1.31. The van der Waals surface area contributed by atoms with Crippen molar-refractivity contribution in [3.8, 4) is 5.75 Å². The SMILES string of the molecule is CC(C)c1ccc(OCCOCC(O)CN2CCN(c3cccc(C(F)(F)F)c3)CC2)cc1. The Kier molecular flexibility index (Phi) is 9.00. The molecule has 1 heterocycles. The van der Waals surface area contributed by atoms with Crippen LogP contribution in [0.15, 0.2) is 48.5 Å². The van der Waals surface area contributed by atoms with Crippen LogP contribution in [-0.2, 0) is 10.9 Å². The zero-order valence-electron chi connectivity index (χ0n) is 19.2. The highest BCUT2D eigenvalue weighted by molar-refractivity contribution is 5.49. The van der Waals surface area contributed by atoms with E-state index < -0.39 is 17.8 Å². The van der Waals surface area contributed by atoms with E-state index >= 15 is 0 Å². The second-order valence-electron chi connectivity index (χ2n) is 8.64. The molecular formula is C25H33F3N2O3. The van der Waals surface area contributed by atoms with Gasteiger partial charge in [-0.3, -0.25) is 4.90 Å². The molecule has 0 amide bonds. The number of ether oxygens (including phenoxy) is 2. The van der Waals surface area contributed by atoms with Gasteiger partial charge in [-0.05, 0) is 41.8 Å². The molecule has 0 saturated carbocycles. The van der Waals surface area contributed by atoms with Gasteiger partial charge in [-0.15, -0.1) is 0 Å². The van der Waals surface area contributed by atoms with Crippen LogP contribution in [0, 0.1) is 0 Å². The molecule has 0 aromatic heterocycles. The number of aliphatic hydroxyl groups excluding tert-OH is 1. The summed E-state index contributed by atoms with van der Waals surface area (Å²) in [4.78, 5) is 4.05. The standard InChI is InChI=1S/C25H33F3N2O3/c1-19(2)20-6-8-24(9-7-20)33-15-14-32-18-23(31)17-29-10-12-30(13-11-29)22-5-3-4-21(16-22)25(26,27)28/h3-9,16,19,23,31H,10-15,17-18H2,1-2H3. The first-order valence-electron chi connectivity index (χ1n) is 11.4. The highest BCUT2D eigenvalue weighted by atomic mass is 19.4. The number of rotatable bonds is 10. The smallest absolute Gasteiger partial charge is 0.416 e. The van der Waals surface area contributed by atoms with Crippen LogP contribution < -0.4 is 9.64 Å². The number of halogens is 3.